The van der Waals surface area contributed by atoms with Gasteiger partial charge < -0.3 is 15.2 Å². The lowest BCUT2D eigenvalue weighted by molar-refractivity contribution is 0.0691. The number of rotatable bonds is 8. The average molecular weight is 368 g/mol. The van der Waals surface area contributed by atoms with Gasteiger partial charge in [-0.2, -0.15) is 0 Å². The highest BCUT2D eigenvalue weighted by molar-refractivity contribution is 5.94. The number of hydrogen-bond donors (Lipinski definition) is 2. The van der Waals surface area contributed by atoms with Crippen molar-refractivity contribution in [1.82, 2.24) is 10.3 Å². The number of carboxylic acids is 1. The second kappa shape index (κ2) is 9.51. The van der Waals surface area contributed by atoms with Gasteiger partial charge in [0.25, 0.3) is 0 Å². The number of carbonyl (C=O) groups is 1. The molecule has 1 aromatic heterocycles. The monoisotopic (exact) mass is 368 g/mol. The number of aromatic carboxylic acids is 1. The summed E-state index contributed by atoms with van der Waals surface area (Å²) in [6.07, 6.45) is 7.60. The number of nitrogens with zero attached hydrogens (tertiary/aromatic N) is 1. The van der Waals surface area contributed by atoms with Gasteiger partial charge in [0.2, 0.25) is 0 Å². The summed E-state index contributed by atoms with van der Waals surface area (Å²) in [5.41, 5.74) is 2.50. The average Bonchev–Trinajstić information content (AvgIpc) is 2.69. The first-order valence-corrected chi connectivity index (χ1v) is 9.78. The van der Waals surface area contributed by atoms with Gasteiger partial charge in [-0.3, -0.25) is 0 Å². The Kier molecular flexibility index (Phi) is 6.82. The molecule has 0 bridgehead atoms. The second-order valence-electron chi connectivity index (χ2n) is 7.17. The van der Waals surface area contributed by atoms with Crippen LogP contribution in [0.15, 0.2) is 36.5 Å². The number of pyridine rings is 1. The first kappa shape index (κ1) is 19.4. The van der Waals surface area contributed by atoms with E-state index in [-0.39, 0.29) is 5.69 Å². The van der Waals surface area contributed by atoms with E-state index in [1.807, 2.05) is 25.1 Å². The van der Waals surface area contributed by atoms with Crippen LogP contribution in [0, 0.1) is 12.8 Å². The van der Waals surface area contributed by atoms with Crippen molar-refractivity contribution < 1.29 is 14.6 Å². The molecule has 1 aliphatic heterocycles. The fraction of sp³-hybridized carbons (Fsp3) is 0.455. The summed E-state index contributed by atoms with van der Waals surface area (Å²) in [7, 11) is 0. The van der Waals surface area contributed by atoms with E-state index in [1.54, 1.807) is 12.1 Å². The molecule has 0 atom stereocenters. The molecule has 0 saturated carbocycles. The van der Waals surface area contributed by atoms with Crippen LogP contribution in [-0.2, 0) is 0 Å². The molecule has 5 heteroatoms. The Morgan fingerprint density at radius 1 is 1.19 bits per heavy atom. The first-order valence-electron chi connectivity index (χ1n) is 9.78. The summed E-state index contributed by atoms with van der Waals surface area (Å²) < 4.78 is 6.01. The minimum Gasteiger partial charge on any atom is -0.493 e. The van der Waals surface area contributed by atoms with E-state index in [1.165, 1.54) is 31.9 Å². The third-order valence-electron chi connectivity index (χ3n) is 5.31. The summed E-state index contributed by atoms with van der Waals surface area (Å²) in [6, 6.07) is 9.33. The Labute approximate surface area is 160 Å². The molecule has 3 rings (SSSR count). The van der Waals surface area contributed by atoms with Crippen molar-refractivity contribution in [2.24, 2.45) is 5.92 Å². The quantitative estimate of drug-likeness (QED) is 0.680. The van der Waals surface area contributed by atoms with Crippen LogP contribution in [0.3, 0.4) is 0 Å². The van der Waals surface area contributed by atoms with E-state index in [4.69, 9.17) is 4.74 Å². The van der Waals surface area contributed by atoms with Gasteiger partial charge in [0, 0.05) is 11.8 Å². The van der Waals surface area contributed by atoms with Crippen LogP contribution in [0.1, 0.15) is 48.2 Å². The van der Waals surface area contributed by atoms with Crippen molar-refractivity contribution >= 4 is 5.97 Å². The van der Waals surface area contributed by atoms with E-state index in [9.17, 15) is 9.90 Å². The SMILES string of the molecule is Cc1c(OCCCCC2CCNCC2)cccc1-c1cccnc1C(=O)O. The van der Waals surface area contributed by atoms with Crippen molar-refractivity contribution in [3.63, 3.8) is 0 Å². The fourth-order valence-corrected chi connectivity index (χ4v) is 3.74. The largest absolute Gasteiger partial charge is 0.493 e. The van der Waals surface area contributed by atoms with Gasteiger partial charge >= 0.3 is 5.97 Å². The number of benzene rings is 1. The van der Waals surface area contributed by atoms with Gasteiger partial charge in [-0.25, -0.2) is 9.78 Å². The molecule has 0 unspecified atom stereocenters. The molecule has 2 heterocycles. The molecule has 1 saturated heterocycles. The Hall–Kier alpha value is -2.40. The first-order chi connectivity index (χ1) is 13.2. The Balaban J connectivity index is 1.59. The summed E-state index contributed by atoms with van der Waals surface area (Å²) in [4.78, 5) is 15.5. The van der Waals surface area contributed by atoms with Gasteiger partial charge in [0.15, 0.2) is 5.69 Å². The van der Waals surface area contributed by atoms with Crippen molar-refractivity contribution in [2.45, 2.75) is 39.0 Å². The Bertz CT molecular complexity index is 770. The van der Waals surface area contributed by atoms with Gasteiger partial charge in [-0.05, 0) is 74.9 Å². The zero-order chi connectivity index (χ0) is 19.1. The number of hydrogen-bond acceptors (Lipinski definition) is 4. The van der Waals surface area contributed by atoms with Crippen LogP contribution in [0.25, 0.3) is 11.1 Å². The lowest BCUT2D eigenvalue weighted by Gasteiger charge is -2.22. The topological polar surface area (TPSA) is 71.5 Å². The molecule has 0 spiro atoms. The zero-order valence-electron chi connectivity index (χ0n) is 15.9. The minimum absolute atomic E-state index is 0.0692. The third kappa shape index (κ3) is 5.07. The third-order valence-corrected chi connectivity index (χ3v) is 5.31. The molecule has 1 aliphatic rings. The van der Waals surface area contributed by atoms with Crippen LogP contribution < -0.4 is 10.1 Å². The molecule has 0 radical (unpaired) electrons. The highest BCUT2D eigenvalue weighted by Gasteiger charge is 2.16. The number of aromatic nitrogens is 1. The van der Waals surface area contributed by atoms with Gasteiger partial charge in [0.05, 0.1) is 6.61 Å². The molecule has 5 nitrogen and oxygen atoms in total. The molecule has 0 amide bonds. The lowest BCUT2D eigenvalue weighted by atomic mass is 9.93. The lowest BCUT2D eigenvalue weighted by Crippen LogP contribution is -2.27. The van der Waals surface area contributed by atoms with E-state index in [2.05, 4.69) is 10.3 Å². The Morgan fingerprint density at radius 3 is 2.74 bits per heavy atom. The van der Waals surface area contributed by atoms with E-state index in [0.29, 0.717) is 12.2 Å². The van der Waals surface area contributed by atoms with E-state index in [0.717, 1.165) is 42.3 Å². The predicted octanol–water partition coefficient (Wildman–Crippen LogP) is 4.30. The highest BCUT2D eigenvalue weighted by Crippen LogP contribution is 2.31. The number of nitrogens with one attached hydrogen (secondary N) is 1. The van der Waals surface area contributed by atoms with Crippen LogP contribution in [0.5, 0.6) is 5.75 Å². The van der Waals surface area contributed by atoms with Crippen LogP contribution in [-0.4, -0.2) is 35.8 Å². The summed E-state index contributed by atoms with van der Waals surface area (Å²) in [5.74, 6) is 0.653. The van der Waals surface area contributed by atoms with Crippen LogP contribution >= 0.6 is 0 Å². The number of unbranched alkanes of at least 4 members (excludes halogenated alkanes) is 1. The van der Waals surface area contributed by atoms with Crippen LogP contribution in [0.2, 0.25) is 0 Å². The van der Waals surface area contributed by atoms with Crippen molar-refractivity contribution in [2.75, 3.05) is 19.7 Å². The molecular weight excluding hydrogens is 340 g/mol. The summed E-state index contributed by atoms with van der Waals surface area (Å²) >= 11 is 0. The number of ether oxygens (including phenoxy) is 1. The van der Waals surface area contributed by atoms with Crippen molar-refractivity contribution in [1.29, 1.82) is 0 Å². The maximum Gasteiger partial charge on any atom is 0.355 e. The molecule has 1 aromatic carbocycles. The smallest absolute Gasteiger partial charge is 0.355 e. The summed E-state index contributed by atoms with van der Waals surface area (Å²) in [6.45, 7) is 4.96. The Morgan fingerprint density at radius 2 is 1.96 bits per heavy atom. The summed E-state index contributed by atoms with van der Waals surface area (Å²) in [5, 5.41) is 12.8. The maximum atomic E-state index is 11.5. The molecule has 0 aliphatic carbocycles. The molecular formula is C22H28N2O3. The van der Waals surface area contributed by atoms with Crippen molar-refractivity contribution in [3.05, 3.63) is 47.8 Å². The van der Waals surface area contributed by atoms with Gasteiger partial charge in [0.1, 0.15) is 5.75 Å². The second-order valence-corrected chi connectivity index (χ2v) is 7.17. The minimum atomic E-state index is -1.02. The normalized spacial score (nSPS) is 14.9. The van der Waals surface area contributed by atoms with Crippen LogP contribution in [0.4, 0.5) is 0 Å². The maximum absolute atomic E-state index is 11.5. The molecule has 27 heavy (non-hydrogen) atoms. The van der Waals surface area contributed by atoms with E-state index >= 15 is 0 Å². The predicted molar refractivity (Wildman–Crippen MR) is 106 cm³/mol. The molecule has 2 aromatic rings. The number of carboxylic acid groups (broad SMARTS) is 1. The molecule has 1 fully saturated rings. The van der Waals surface area contributed by atoms with Crippen molar-refractivity contribution in [3.8, 4) is 16.9 Å². The van der Waals surface area contributed by atoms with E-state index < -0.39 is 5.97 Å². The standard InChI is InChI=1S/C22H28N2O3/c1-16-18(19-8-5-12-24-21(19)22(25)26)7-4-9-20(16)27-15-3-2-6-17-10-13-23-14-11-17/h4-5,7-9,12,17,23H,2-3,6,10-11,13-15H2,1H3,(H,25,26). The molecule has 144 valence electrons. The highest BCUT2D eigenvalue weighted by atomic mass is 16.5. The number of piperidine rings is 1. The van der Waals surface area contributed by atoms with Gasteiger partial charge in [-0.15, -0.1) is 0 Å². The fourth-order valence-electron chi connectivity index (χ4n) is 3.74. The molecule has 2 N–H and O–H groups in total. The van der Waals surface area contributed by atoms with Gasteiger partial charge in [-0.1, -0.05) is 24.6 Å². The zero-order valence-corrected chi connectivity index (χ0v) is 15.9.